The number of benzene rings is 1. The van der Waals surface area contributed by atoms with Crippen LogP contribution in [0.3, 0.4) is 0 Å². The molecule has 150 valence electrons. The van der Waals surface area contributed by atoms with Crippen molar-refractivity contribution in [1.82, 2.24) is 0 Å². The molecular weight excluding hydrogens is 393 g/mol. The van der Waals surface area contributed by atoms with Crippen LogP contribution in [-0.4, -0.2) is 38.0 Å². The third-order valence-corrected chi connectivity index (χ3v) is 5.24. The maximum atomic E-state index is 13.1. The number of morpholine rings is 1. The van der Waals surface area contributed by atoms with Crippen molar-refractivity contribution in [2.75, 3.05) is 36.5 Å². The Balaban J connectivity index is 1.73. The number of anilines is 2. The van der Waals surface area contributed by atoms with Crippen LogP contribution in [0.25, 0.3) is 0 Å². The van der Waals surface area contributed by atoms with E-state index in [2.05, 4.69) is 5.32 Å². The van der Waals surface area contributed by atoms with Gasteiger partial charge in [0.1, 0.15) is 0 Å². The summed E-state index contributed by atoms with van der Waals surface area (Å²) >= 11 is 1.29. The lowest BCUT2D eigenvalue weighted by atomic mass is 10.1. The van der Waals surface area contributed by atoms with Crippen LogP contribution < -0.4 is 10.2 Å². The molecule has 1 N–H and O–H groups in total. The Hall–Kier alpha value is -2.39. The highest BCUT2D eigenvalue weighted by atomic mass is 32.1. The van der Waals surface area contributed by atoms with Crippen LogP contribution in [0.15, 0.2) is 35.7 Å². The first kappa shape index (κ1) is 20.3. The van der Waals surface area contributed by atoms with E-state index in [4.69, 9.17) is 4.74 Å². The SMILES string of the molecule is O=C(CCC(=O)c1cccs1)Nc1cc(C(F)(F)F)ccc1N1CCOCC1. The summed E-state index contributed by atoms with van der Waals surface area (Å²) in [4.78, 5) is 26.7. The Bertz CT molecular complexity index is 831. The van der Waals surface area contributed by atoms with Gasteiger partial charge in [-0.3, -0.25) is 9.59 Å². The number of alkyl halides is 3. The number of ketones is 1. The molecule has 1 aliphatic rings. The van der Waals surface area contributed by atoms with Crippen LogP contribution in [0.5, 0.6) is 0 Å². The molecule has 1 fully saturated rings. The molecule has 0 atom stereocenters. The fourth-order valence-corrected chi connectivity index (χ4v) is 3.59. The topological polar surface area (TPSA) is 58.6 Å². The van der Waals surface area contributed by atoms with E-state index in [9.17, 15) is 22.8 Å². The Morgan fingerprint density at radius 1 is 1.14 bits per heavy atom. The number of thiophene rings is 1. The number of rotatable bonds is 6. The van der Waals surface area contributed by atoms with Crippen molar-refractivity contribution < 1.29 is 27.5 Å². The van der Waals surface area contributed by atoms with E-state index < -0.39 is 17.6 Å². The van der Waals surface area contributed by atoms with Gasteiger partial charge in [0.15, 0.2) is 5.78 Å². The van der Waals surface area contributed by atoms with Crippen molar-refractivity contribution in [3.8, 4) is 0 Å². The monoisotopic (exact) mass is 412 g/mol. The fourth-order valence-electron chi connectivity index (χ4n) is 2.89. The molecule has 2 aromatic rings. The van der Waals surface area contributed by atoms with E-state index in [0.29, 0.717) is 36.9 Å². The summed E-state index contributed by atoms with van der Waals surface area (Å²) in [6.07, 6.45) is -4.62. The smallest absolute Gasteiger partial charge is 0.378 e. The molecule has 0 spiro atoms. The molecule has 5 nitrogen and oxygen atoms in total. The second-order valence-corrected chi connectivity index (χ2v) is 7.23. The highest BCUT2D eigenvalue weighted by Crippen LogP contribution is 2.35. The van der Waals surface area contributed by atoms with Crippen LogP contribution in [0.4, 0.5) is 24.5 Å². The normalized spacial score (nSPS) is 14.8. The number of halogens is 3. The van der Waals surface area contributed by atoms with E-state index in [0.717, 1.165) is 12.1 Å². The van der Waals surface area contributed by atoms with E-state index in [1.165, 1.54) is 17.4 Å². The van der Waals surface area contributed by atoms with Gasteiger partial charge in [-0.1, -0.05) is 6.07 Å². The molecule has 2 heterocycles. The zero-order valence-corrected chi connectivity index (χ0v) is 15.7. The van der Waals surface area contributed by atoms with Gasteiger partial charge in [0.05, 0.1) is 35.0 Å². The fraction of sp³-hybridized carbons (Fsp3) is 0.368. The standard InChI is InChI=1S/C19H19F3N2O3S/c20-19(21,22)13-3-4-15(24-7-9-27-10-8-24)14(12-13)23-18(26)6-5-16(25)17-2-1-11-28-17/h1-4,11-12H,5-10H2,(H,23,26). The lowest BCUT2D eigenvalue weighted by Crippen LogP contribution is -2.36. The number of nitrogens with zero attached hydrogens (tertiary/aromatic N) is 1. The second-order valence-electron chi connectivity index (χ2n) is 6.28. The quantitative estimate of drug-likeness (QED) is 0.723. The third kappa shape index (κ3) is 5.11. The predicted molar refractivity (Wildman–Crippen MR) is 101 cm³/mol. The summed E-state index contributed by atoms with van der Waals surface area (Å²) in [5, 5.41) is 4.32. The maximum Gasteiger partial charge on any atom is 0.416 e. The highest BCUT2D eigenvalue weighted by molar-refractivity contribution is 7.12. The van der Waals surface area contributed by atoms with Crippen molar-refractivity contribution in [3.05, 3.63) is 46.2 Å². The minimum Gasteiger partial charge on any atom is -0.378 e. The van der Waals surface area contributed by atoms with Gasteiger partial charge in [-0.25, -0.2) is 0 Å². The molecule has 0 unspecified atom stereocenters. The van der Waals surface area contributed by atoms with E-state index in [-0.39, 0.29) is 24.3 Å². The average Bonchev–Trinajstić information content (AvgIpc) is 3.21. The van der Waals surface area contributed by atoms with Gasteiger partial charge < -0.3 is 15.0 Å². The summed E-state index contributed by atoms with van der Waals surface area (Å²) in [5.41, 5.74) is -0.242. The van der Waals surface area contributed by atoms with Crippen molar-refractivity contribution in [2.45, 2.75) is 19.0 Å². The van der Waals surface area contributed by atoms with E-state index in [1.807, 2.05) is 4.90 Å². The molecular formula is C19H19F3N2O3S. The molecule has 0 bridgehead atoms. The second kappa shape index (κ2) is 8.74. The van der Waals surface area contributed by atoms with Crippen LogP contribution >= 0.6 is 11.3 Å². The Morgan fingerprint density at radius 2 is 1.89 bits per heavy atom. The first-order valence-corrected chi connectivity index (χ1v) is 9.63. The minimum absolute atomic E-state index is 0.00179. The average molecular weight is 412 g/mol. The van der Waals surface area contributed by atoms with Gasteiger partial charge in [-0.15, -0.1) is 11.3 Å². The van der Waals surface area contributed by atoms with Gasteiger partial charge in [0, 0.05) is 25.9 Å². The molecule has 1 aliphatic heterocycles. The molecule has 1 aromatic heterocycles. The number of Topliss-reactive ketones (excluding diaryl/α,β-unsaturated/α-hetero) is 1. The van der Waals surface area contributed by atoms with Gasteiger partial charge in [0.25, 0.3) is 0 Å². The largest absolute Gasteiger partial charge is 0.416 e. The minimum atomic E-state index is -4.52. The van der Waals surface area contributed by atoms with Gasteiger partial charge in [0.2, 0.25) is 5.91 Å². The molecule has 9 heteroatoms. The number of hydrogen-bond acceptors (Lipinski definition) is 5. The molecule has 1 amide bonds. The van der Waals surface area contributed by atoms with E-state index in [1.54, 1.807) is 17.5 Å². The van der Waals surface area contributed by atoms with Gasteiger partial charge >= 0.3 is 6.18 Å². The van der Waals surface area contributed by atoms with Crippen LogP contribution in [0.1, 0.15) is 28.1 Å². The number of nitrogens with one attached hydrogen (secondary N) is 1. The van der Waals surface area contributed by atoms with Crippen molar-refractivity contribution in [1.29, 1.82) is 0 Å². The molecule has 1 saturated heterocycles. The molecule has 0 aliphatic carbocycles. The first-order chi connectivity index (χ1) is 13.3. The molecule has 28 heavy (non-hydrogen) atoms. The summed E-state index contributed by atoms with van der Waals surface area (Å²) in [7, 11) is 0. The van der Waals surface area contributed by atoms with Crippen molar-refractivity contribution in [3.63, 3.8) is 0 Å². The summed E-state index contributed by atoms with van der Waals surface area (Å²) in [5.74, 6) is -0.665. The lowest BCUT2D eigenvalue weighted by molar-refractivity contribution is -0.137. The number of hydrogen-bond donors (Lipinski definition) is 1. The molecule has 0 saturated carbocycles. The number of ether oxygens (including phenoxy) is 1. The number of carbonyl (C=O) groups excluding carboxylic acids is 2. The lowest BCUT2D eigenvalue weighted by Gasteiger charge is -2.31. The summed E-state index contributed by atoms with van der Waals surface area (Å²) in [6.45, 7) is 1.96. The zero-order chi connectivity index (χ0) is 20.1. The Morgan fingerprint density at radius 3 is 2.54 bits per heavy atom. The first-order valence-electron chi connectivity index (χ1n) is 8.75. The predicted octanol–water partition coefficient (Wildman–Crippen LogP) is 4.21. The van der Waals surface area contributed by atoms with E-state index >= 15 is 0 Å². The summed E-state index contributed by atoms with van der Waals surface area (Å²) < 4.78 is 44.6. The van der Waals surface area contributed by atoms with Crippen LogP contribution in [-0.2, 0) is 15.7 Å². The molecule has 3 rings (SSSR count). The van der Waals surface area contributed by atoms with Gasteiger partial charge in [-0.05, 0) is 29.6 Å². The number of carbonyl (C=O) groups is 2. The third-order valence-electron chi connectivity index (χ3n) is 4.32. The van der Waals surface area contributed by atoms with Crippen LogP contribution in [0, 0.1) is 0 Å². The molecule has 0 radical (unpaired) electrons. The maximum absolute atomic E-state index is 13.1. The highest BCUT2D eigenvalue weighted by Gasteiger charge is 2.32. The van der Waals surface area contributed by atoms with Gasteiger partial charge in [-0.2, -0.15) is 13.2 Å². The van der Waals surface area contributed by atoms with Crippen molar-refractivity contribution in [2.24, 2.45) is 0 Å². The van der Waals surface area contributed by atoms with Crippen LogP contribution in [0.2, 0.25) is 0 Å². The number of amides is 1. The Labute approximate surface area is 164 Å². The Kier molecular flexibility index (Phi) is 6.35. The summed E-state index contributed by atoms with van der Waals surface area (Å²) in [6, 6.07) is 6.72. The van der Waals surface area contributed by atoms with Crippen molar-refractivity contribution >= 4 is 34.4 Å². The zero-order valence-electron chi connectivity index (χ0n) is 14.9. The molecule has 1 aromatic carbocycles.